The molecule has 0 spiro atoms. The topological polar surface area (TPSA) is 55.4 Å². The van der Waals surface area contributed by atoms with E-state index in [0.717, 1.165) is 32.4 Å². The molecule has 0 aromatic rings. The van der Waals surface area contributed by atoms with Crippen LogP contribution in [0.1, 0.15) is 33.1 Å². The summed E-state index contributed by atoms with van der Waals surface area (Å²) in [7, 11) is -2.86. The van der Waals surface area contributed by atoms with Crippen LogP contribution in [-0.2, 0) is 14.6 Å². The highest BCUT2D eigenvalue weighted by atomic mass is 32.2. The maximum absolute atomic E-state index is 11.4. The number of nitrogens with one attached hydrogen (secondary N) is 1. The lowest BCUT2D eigenvalue weighted by Crippen LogP contribution is -2.35. The first-order chi connectivity index (χ1) is 7.53. The fourth-order valence-corrected chi connectivity index (χ4v) is 3.04. The summed E-state index contributed by atoms with van der Waals surface area (Å²) in [5.41, 5.74) is 0. The van der Waals surface area contributed by atoms with Crippen molar-refractivity contribution in [1.82, 2.24) is 5.32 Å². The Morgan fingerprint density at radius 2 is 2.25 bits per heavy atom. The van der Waals surface area contributed by atoms with Crippen molar-refractivity contribution in [1.29, 1.82) is 0 Å². The van der Waals surface area contributed by atoms with Crippen LogP contribution >= 0.6 is 0 Å². The average molecular weight is 249 g/mol. The summed E-state index contributed by atoms with van der Waals surface area (Å²) >= 11 is 0. The van der Waals surface area contributed by atoms with Crippen molar-refractivity contribution in [2.75, 3.05) is 24.7 Å². The van der Waals surface area contributed by atoms with Crippen LogP contribution < -0.4 is 5.32 Å². The van der Waals surface area contributed by atoms with Gasteiger partial charge in [0.05, 0.1) is 11.9 Å². The highest BCUT2D eigenvalue weighted by molar-refractivity contribution is 7.91. The molecule has 0 bridgehead atoms. The first-order valence-electron chi connectivity index (χ1n) is 6.09. The molecule has 1 N–H and O–H groups in total. The van der Waals surface area contributed by atoms with Gasteiger partial charge in [-0.15, -0.1) is 0 Å². The maximum atomic E-state index is 11.4. The summed E-state index contributed by atoms with van der Waals surface area (Å²) in [6.45, 7) is 5.33. The Balaban J connectivity index is 2.12. The van der Waals surface area contributed by atoms with Crippen molar-refractivity contribution in [3.63, 3.8) is 0 Å². The Labute approximate surface area is 98.7 Å². The van der Waals surface area contributed by atoms with Crippen molar-refractivity contribution in [3.8, 4) is 0 Å². The molecular weight excluding hydrogens is 226 g/mol. The van der Waals surface area contributed by atoms with Crippen LogP contribution in [0.3, 0.4) is 0 Å². The molecule has 2 atom stereocenters. The summed E-state index contributed by atoms with van der Waals surface area (Å²) < 4.78 is 28.2. The molecule has 4 nitrogen and oxygen atoms in total. The van der Waals surface area contributed by atoms with Gasteiger partial charge >= 0.3 is 0 Å². The van der Waals surface area contributed by atoms with Gasteiger partial charge in [-0.3, -0.25) is 0 Å². The van der Waals surface area contributed by atoms with Gasteiger partial charge in [-0.25, -0.2) is 8.42 Å². The summed E-state index contributed by atoms with van der Waals surface area (Å²) in [4.78, 5) is 0. The minimum Gasteiger partial charge on any atom is -0.378 e. The Morgan fingerprint density at radius 1 is 1.50 bits per heavy atom. The van der Waals surface area contributed by atoms with Crippen molar-refractivity contribution in [2.45, 2.75) is 45.3 Å². The van der Waals surface area contributed by atoms with Gasteiger partial charge in [-0.05, 0) is 32.7 Å². The Kier molecular flexibility index (Phi) is 5.72. The van der Waals surface area contributed by atoms with Gasteiger partial charge in [0.1, 0.15) is 0 Å². The van der Waals surface area contributed by atoms with Gasteiger partial charge in [0.25, 0.3) is 0 Å². The van der Waals surface area contributed by atoms with Crippen molar-refractivity contribution in [2.24, 2.45) is 0 Å². The van der Waals surface area contributed by atoms with E-state index >= 15 is 0 Å². The smallest absolute Gasteiger partial charge is 0.151 e. The average Bonchev–Trinajstić information content (AvgIpc) is 2.70. The summed E-state index contributed by atoms with van der Waals surface area (Å²) in [5, 5.41) is 3.24. The molecular formula is C11H23NO3S. The molecule has 0 aliphatic carbocycles. The van der Waals surface area contributed by atoms with Gasteiger partial charge in [-0.2, -0.15) is 0 Å². The summed E-state index contributed by atoms with van der Waals surface area (Å²) in [6, 6.07) is 0.0337. The van der Waals surface area contributed by atoms with Gasteiger partial charge < -0.3 is 10.1 Å². The lowest BCUT2D eigenvalue weighted by molar-refractivity contribution is 0.104. The highest BCUT2D eigenvalue weighted by Gasteiger charge is 2.16. The lowest BCUT2D eigenvalue weighted by atomic mass is 10.2. The molecule has 1 fully saturated rings. The van der Waals surface area contributed by atoms with Gasteiger partial charge in [0.15, 0.2) is 9.84 Å². The third-order valence-corrected chi connectivity index (χ3v) is 4.81. The predicted octanol–water partition coefficient (Wildman–Crippen LogP) is 0.968. The van der Waals surface area contributed by atoms with Crippen LogP contribution in [0.25, 0.3) is 0 Å². The van der Waals surface area contributed by atoms with E-state index in [1.807, 2.05) is 6.92 Å². The molecule has 0 aromatic carbocycles. The first-order valence-corrected chi connectivity index (χ1v) is 7.91. The van der Waals surface area contributed by atoms with Gasteiger partial charge in [0.2, 0.25) is 0 Å². The second-order valence-electron chi connectivity index (χ2n) is 4.48. The van der Waals surface area contributed by atoms with E-state index in [-0.39, 0.29) is 17.5 Å². The fraction of sp³-hybridized carbons (Fsp3) is 1.00. The van der Waals surface area contributed by atoms with E-state index < -0.39 is 9.84 Å². The fourth-order valence-electron chi connectivity index (χ4n) is 1.92. The third-order valence-electron chi connectivity index (χ3n) is 2.93. The largest absolute Gasteiger partial charge is 0.378 e. The molecule has 0 aromatic heterocycles. The number of sulfone groups is 1. The Morgan fingerprint density at radius 3 is 2.81 bits per heavy atom. The van der Waals surface area contributed by atoms with Crippen molar-refractivity contribution in [3.05, 3.63) is 0 Å². The normalized spacial score (nSPS) is 23.5. The molecule has 0 saturated carbocycles. The molecule has 2 unspecified atom stereocenters. The molecule has 1 rings (SSSR count). The molecule has 1 saturated heterocycles. The minimum atomic E-state index is -2.86. The molecule has 0 amide bonds. The van der Waals surface area contributed by atoms with E-state index in [9.17, 15) is 8.42 Å². The monoisotopic (exact) mass is 249 g/mol. The molecule has 16 heavy (non-hydrogen) atoms. The molecule has 0 radical (unpaired) electrons. The zero-order chi connectivity index (χ0) is 12.0. The zero-order valence-corrected chi connectivity index (χ0v) is 11.1. The molecule has 96 valence electrons. The standard InChI is InChI=1S/C11H23NO3S/c1-3-16(13,14)9-10(2)12-7-6-11-5-4-8-15-11/h10-12H,3-9H2,1-2H3. The Hall–Kier alpha value is -0.130. The number of hydrogen-bond donors (Lipinski definition) is 1. The third kappa shape index (κ3) is 5.27. The van der Waals surface area contributed by atoms with Crippen LogP contribution in [0.2, 0.25) is 0 Å². The molecule has 1 heterocycles. The zero-order valence-electron chi connectivity index (χ0n) is 10.2. The van der Waals surface area contributed by atoms with Crippen LogP contribution in [0, 0.1) is 0 Å². The SMILES string of the molecule is CCS(=O)(=O)CC(C)NCCC1CCCO1. The van der Waals surface area contributed by atoms with E-state index in [2.05, 4.69) is 5.32 Å². The summed E-state index contributed by atoms with van der Waals surface area (Å²) in [5.74, 6) is 0.458. The van der Waals surface area contributed by atoms with Gasteiger partial charge in [0, 0.05) is 18.4 Å². The van der Waals surface area contributed by atoms with Crippen LogP contribution in [0.5, 0.6) is 0 Å². The van der Waals surface area contributed by atoms with E-state index in [0.29, 0.717) is 6.10 Å². The molecule has 5 heteroatoms. The maximum Gasteiger partial charge on any atom is 0.151 e. The van der Waals surface area contributed by atoms with Crippen molar-refractivity contribution >= 4 is 9.84 Å². The first kappa shape index (κ1) is 13.9. The molecule has 1 aliphatic heterocycles. The van der Waals surface area contributed by atoms with E-state index in [1.165, 1.54) is 0 Å². The Bertz CT molecular complexity index is 284. The van der Waals surface area contributed by atoms with E-state index in [1.54, 1.807) is 6.92 Å². The van der Waals surface area contributed by atoms with Crippen LogP contribution in [0.15, 0.2) is 0 Å². The highest BCUT2D eigenvalue weighted by Crippen LogP contribution is 2.14. The van der Waals surface area contributed by atoms with Crippen LogP contribution in [-0.4, -0.2) is 45.2 Å². The minimum absolute atomic E-state index is 0.0337. The lowest BCUT2D eigenvalue weighted by Gasteiger charge is -2.15. The summed E-state index contributed by atoms with van der Waals surface area (Å²) in [6.07, 6.45) is 3.66. The quantitative estimate of drug-likeness (QED) is 0.730. The second kappa shape index (κ2) is 6.57. The number of hydrogen-bond acceptors (Lipinski definition) is 4. The predicted molar refractivity (Wildman–Crippen MR) is 65.4 cm³/mol. The van der Waals surface area contributed by atoms with Gasteiger partial charge in [-0.1, -0.05) is 6.92 Å². The van der Waals surface area contributed by atoms with Crippen LogP contribution in [0.4, 0.5) is 0 Å². The molecule has 1 aliphatic rings. The number of rotatable bonds is 7. The second-order valence-corrected chi connectivity index (χ2v) is 6.88. The number of ether oxygens (including phenoxy) is 1. The van der Waals surface area contributed by atoms with Crippen molar-refractivity contribution < 1.29 is 13.2 Å². The van der Waals surface area contributed by atoms with E-state index in [4.69, 9.17) is 4.74 Å².